The third kappa shape index (κ3) is 5.17. The maximum Gasteiger partial charge on any atom is 0.263 e. The first-order valence-electron chi connectivity index (χ1n) is 8.45. The van der Waals surface area contributed by atoms with Crippen molar-refractivity contribution >= 4 is 40.9 Å². The van der Waals surface area contributed by atoms with Gasteiger partial charge in [-0.2, -0.15) is 0 Å². The summed E-state index contributed by atoms with van der Waals surface area (Å²) in [7, 11) is 0. The number of amides is 2. The minimum atomic E-state index is -1.13. The zero-order chi connectivity index (χ0) is 20.6. The van der Waals surface area contributed by atoms with Gasteiger partial charge in [0, 0.05) is 4.75 Å². The Balaban J connectivity index is 2.20. The van der Waals surface area contributed by atoms with E-state index >= 15 is 0 Å². The smallest absolute Gasteiger partial charge is 0.263 e. The molecule has 5 nitrogen and oxygen atoms in total. The molecular formula is C19H24ClFN2O3S. The second kappa shape index (κ2) is 7.72. The number of allylic oxidation sites excluding steroid dienone is 1. The molecule has 1 aromatic rings. The molecule has 0 spiro atoms. The zero-order valence-electron chi connectivity index (χ0n) is 16.2. The Morgan fingerprint density at radius 1 is 1.30 bits per heavy atom. The number of nitrogens with one attached hydrogen (secondary N) is 2. The number of benzene rings is 1. The molecule has 0 radical (unpaired) electrons. The Kier molecular flexibility index (Phi) is 6.16. The zero-order valence-corrected chi connectivity index (χ0v) is 17.8. The average Bonchev–Trinajstić information content (AvgIpc) is 2.53. The van der Waals surface area contributed by atoms with Crippen LogP contribution in [0.5, 0.6) is 0 Å². The Morgan fingerprint density at radius 2 is 1.93 bits per heavy atom. The highest BCUT2D eigenvalue weighted by Crippen LogP contribution is 2.38. The van der Waals surface area contributed by atoms with Gasteiger partial charge in [0.25, 0.3) is 5.91 Å². The second-order valence-electron chi connectivity index (χ2n) is 7.87. The first kappa shape index (κ1) is 21.6. The maximum atomic E-state index is 13.4. The lowest BCUT2D eigenvalue weighted by Crippen LogP contribution is -2.54. The van der Waals surface area contributed by atoms with E-state index in [1.54, 1.807) is 20.8 Å². The molecule has 0 bridgehead atoms. The van der Waals surface area contributed by atoms with E-state index in [4.69, 9.17) is 16.3 Å². The first-order chi connectivity index (χ1) is 12.3. The Hall–Kier alpha value is -1.73. The molecule has 2 amide bonds. The molecule has 1 heterocycles. The molecule has 0 saturated carbocycles. The van der Waals surface area contributed by atoms with Gasteiger partial charge < -0.3 is 15.4 Å². The molecule has 2 rings (SSSR count). The van der Waals surface area contributed by atoms with Gasteiger partial charge in [0.1, 0.15) is 16.5 Å². The molecule has 0 fully saturated rings. The normalized spacial score (nSPS) is 18.1. The van der Waals surface area contributed by atoms with Crippen LogP contribution in [0.4, 0.5) is 10.1 Å². The Bertz CT molecular complexity index is 803. The fraction of sp³-hybridized carbons (Fsp3) is 0.474. The largest absolute Gasteiger partial charge is 0.473 e. The van der Waals surface area contributed by atoms with Crippen molar-refractivity contribution < 1.29 is 18.7 Å². The summed E-state index contributed by atoms with van der Waals surface area (Å²) < 4.78 is 19.1. The van der Waals surface area contributed by atoms with Crippen LogP contribution in [0, 0.1) is 11.2 Å². The number of carbonyl (C=O) groups excluding carboxylic acids is 2. The van der Waals surface area contributed by atoms with Gasteiger partial charge in [-0.15, -0.1) is 11.8 Å². The molecule has 1 aromatic carbocycles. The van der Waals surface area contributed by atoms with Crippen LogP contribution >= 0.6 is 23.4 Å². The second-order valence-corrected chi connectivity index (χ2v) is 10.1. The molecule has 148 valence electrons. The van der Waals surface area contributed by atoms with Crippen LogP contribution in [0.2, 0.25) is 5.02 Å². The van der Waals surface area contributed by atoms with E-state index < -0.39 is 23.4 Å². The van der Waals surface area contributed by atoms with Gasteiger partial charge in [-0.1, -0.05) is 32.4 Å². The van der Waals surface area contributed by atoms with E-state index in [-0.39, 0.29) is 21.4 Å². The third-order valence-corrected chi connectivity index (χ3v) is 5.53. The minimum Gasteiger partial charge on any atom is -0.473 e. The van der Waals surface area contributed by atoms with E-state index in [1.165, 1.54) is 23.9 Å². The highest BCUT2D eigenvalue weighted by molar-refractivity contribution is 8.05. The van der Waals surface area contributed by atoms with Crippen LogP contribution < -0.4 is 10.6 Å². The maximum absolute atomic E-state index is 13.4. The average molecular weight is 415 g/mol. The van der Waals surface area contributed by atoms with Crippen molar-refractivity contribution in [3.8, 4) is 0 Å². The number of ether oxygens (including phenoxy) is 1. The lowest BCUT2D eigenvalue weighted by atomic mass is 9.89. The number of hydrogen-bond acceptors (Lipinski definition) is 4. The van der Waals surface area contributed by atoms with Crippen molar-refractivity contribution in [2.24, 2.45) is 5.41 Å². The van der Waals surface area contributed by atoms with Crippen molar-refractivity contribution in [2.75, 3.05) is 5.32 Å². The predicted molar refractivity (Wildman–Crippen MR) is 107 cm³/mol. The number of thioether (sulfide) groups is 1. The van der Waals surface area contributed by atoms with Crippen LogP contribution in [0.25, 0.3) is 0 Å². The van der Waals surface area contributed by atoms with E-state index in [0.717, 1.165) is 6.07 Å². The number of rotatable bonds is 4. The van der Waals surface area contributed by atoms with E-state index in [9.17, 15) is 14.0 Å². The molecule has 1 aliphatic heterocycles. The highest BCUT2D eigenvalue weighted by Gasteiger charge is 2.43. The fourth-order valence-electron chi connectivity index (χ4n) is 2.35. The molecule has 0 saturated heterocycles. The van der Waals surface area contributed by atoms with Crippen molar-refractivity contribution in [3.05, 3.63) is 39.7 Å². The minimum absolute atomic E-state index is 0.160. The molecule has 2 N–H and O–H groups in total. The van der Waals surface area contributed by atoms with Crippen LogP contribution in [0.3, 0.4) is 0 Å². The fourth-order valence-corrected chi connectivity index (χ4v) is 3.47. The third-order valence-electron chi connectivity index (χ3n) is 3.91. The Labute approximate surface area is 168 Å². The van der Waals surface area contributed by atoms with Gasteiger partial charge in [0.15, 0.2) is 6.23 Å². The molecule has 0 aromatic heterocycles. The molecule has 27 heavy (non-hydrogen) atoms. The predicted octanol–water partition coefficient (Wildman–Crippen LogP) is 4.68. The van der Waals surface area contributed by atoms with Crippen LogP contribution in [0.1, 0.15) is 41.5 Å². The summed E-state index contributed by atoms with van der Waals surface area (Å²) in [5.41, 5.74) is -0.974. The summed E-state index contributed by atoms with van der Waals surface area (Å²) in [6.07, 6.45) is -0.873. The lowest BCUT2D eigenvalue weighted by molar-refractivity contribution is -0.138. The van der Waals surface area contributed by atoms with Crippen LogP contribution in [-0.2, 0) is 14.3 Å². The van der Waals surface area contributed by atoms with Gasteiger partial charge in [0.2, 0.25) is 5.91 Å². The topological polar surface area (TPSA) is 67.4 Å². The summed E-state index contributed by atoms with van der Waals surface area (Å²) in [4.78, 5) is 25.8. The number of anilines is 1. The van der Waals surface area contributed by atoms with Crippen LogP contribution in [-0.4, -0.2) is 22.8 Å². The van der Waals surface area contributed by atoms with Crippen molar-refractivity contribution in [2.45, 2.75) is 52.5 Å². The molecule has 8 heteroatoms. The summed E-state index contributed by atoms with van der Waals surface area (Å²) in [6.45, 7) is 11.0. The number of halogens is 2. The van der Waals surface area contributed by atoms with Crippen LogP contribution in [0.15, 0.2) is 28.9 Å². The molecule has 1 aliphatic rings. The van der Waals surface area contributed by atoms with Gasteiger partial charge in [-0.05, 0) is 39.0 Å². The van der Waals surface area contributed by atoms with Gasteiger partial charge in [-0.3, -0.25) is 9.59 Å². The quantitative estimate of drug-likeness (QED) is 0.750. The van der Waals surface area contributed by atoms with Crippen molar-refractivity contribution in [3.63, 3.8) is 0 Å². The molecular weight excluding hydrogens is 391 g/mol. The molecule has 1 unspecified atom stereocenters. The van der Waals surface area contributed by atoms with Crippen molar-refractivity contribution in [1.29, 1.82) is 0 Å². The summed E-state index contributed by atoms with van der Waals surface area (Å²) in [5, 5.41) is 5.57. The molecule has 0 aliphatic carbocycles. The molecule has 1 atom stereocenters. The summed E-state index contributed by atoms with van der Waals surface area (Å²) in [5.74, 6) is -0.793. The summed E-state index contributed by atoms with van der Waals surface area (Å²) >= 11 is 7.41. The van der Waals surface area contributed by atoms with Gasteiger partial charge in [0.05, 0.1) is 16.1 Å². The lowest BCUT2D eigenvalue weighted by Gasteiger charge is -2.37. The first-order valence-corrected chi connectivity index (χ1v) is 9.64. The number of hydrogen-bond donors (Lipinski definition) is 2. The monoisotopic (exact) mass is 414 g/mol. The summed E-state index contributed by atoms with van der Waals surface area (Å²) in [6, 6.07) is 3.71. The van der Waals surface area contributed by atoms with Gasteiger partial charge in [-0.25, -0.2) is 4.39 Å². The van der Waals surface area contributed by atoms with E-state index in [2.05, 4.69) is 10.6 Å². The van der Waals surface area contributed by atoms with E-state index in [1.807, 2.05) is 20.8 Å². The van der Waals surface area contributed by atoms with E-state index in [0.29, 0.717) is 10.7 Å². The van der Waals surface area contributed by atoms with Crippen molar-refractivity contribution in [1.82, 2.24) is 5.32 Å². The SMILES string of the molecule is CC1=C(SC(C)(C)C)C(=O)NC(C(C)(C)C(=O)Nc2cc(F)ccc2Cl)O1. The van der Waals surface area contributed by atoms with Gasteiger partial charge >= 0.3 is 0 Å². The highest BCUT2D eigenvalue weighted by atomic mass is 35.5. The number of carbonyl (C=O) groups is 2. The standard InChI is InChI=1S/C19H24ClFN2O3S/c1-10-14(27-18(2,3)4)15(24)23-17(26-10)19(5,6)16(25)22-13-9-11(21)7-8-12(13)20/h7-9,17H,1-6H3,(H,22,25)(H,23,24). The Morgan fingerprint density at radius 3 is 2.48 bits per heavy atom.